The molecule has 1 aromatic carbocycles. The molecular formula is C15H20F3N. The molecule has 0 heterocycles. The van der Waals surface area contributed by atoms with Gasteiger partial charge in [-0.3, -0.25) is 0 Å². The predicted octanol–water partition coefficient (Wildman–Crippen LogP) is 4.46. The van der Waals surface area contributed by atoms with E-state index < -0.39 is 17.3 Å². The average molecular weight is 271 g/mol. The van der Waals surface area contributed by atoms with Crippen molar-refractivity contribution in [1.29, 1.82) is 0 Å². The zero-order chi connectivity index (χ0) is 14.3. The van der Waals surface area contributed by atoms with E-state index in [4.69, 9.17) is 5.73 Å². The van der Waals surface area contributed by atoms with Crippen LogP contribution in [0.15, 0.2) is 24.3 Å². The Labute approximate surface area is 112 Å². The second kappa shape index (κ2) is 4.51. The molecule has 0 spiro atoms. The van der Waals surface area contributed by atoms with Gasteiger partial charge in [-0.15, -0.1) is 0 Å². The van der Waals surface area contributed by atoms with Crippen LogP contribution in [0.1, 0.15) is 50.7 Å². The zero-order valence-electron chi connectivity index (χ0n) is 11.3. The fourth-order valence-electron chi connectivity index (χ4n) is 3.15. The Balaban J connectivity index is 2.57. The minimum atomic E-state index is -4.35. The molecule has 0 aromatic heterocycles. The van der Waals surface area contributed by atoms with Gasteiger partial charge in [0.15, 0.2) is 0 Å². The summed E-state index contributed by atoms with van der Waals surface area (Å²) >= 11 is 0. The average Bonchev–Trinajstić information content (AvgIpc) is 2.32. The molecule has 1 fully saturated rings. The van der Waals surface area contributed by atoms with Gasteiger partial charge in [-0.05, 0) is 29.9 Å². The first-order chi connectivity index (χ1) is 8.68. The molecule has 1 aliphatic rings. The number of benzene rings is 1. The van der Waals surface area contributed by atoms with Gasteiger partial charge in [0.25, 0.3) is 0 Å². The van der Waals surface area contributed by atoms with Crippen molar-refractivity contribution < 1.29 is 13.2 Å². The maximum atomic E-state index is 13.2. The molecular weight excluding hydrogens is 251 g/mol. The molecule has 106 valence electrons. The summed E-state index contributed by atoms with van der Waals surface area (Å²) in [7, 11) is 0. The Morgan fingerprint density at radius 3 is 2.21 bits per heavy atom. The zero-order valence-corrected chi connectivity index (χ0v) is 11.3. The van der Waals surface area contributed by atoms with E-state index in [1.165, 1.54) is 12.1 Å². The SMILES string of the molecule is CC1(C)CCCCC1(N)c1ccccc1C(F)(F)F. The second-order valence-corrected chi connectivity index (χ2v) is 6.11. The second-order valence-electron chi connectivity index (χ2n) is 6.11. The summed E-state index contributed by atoms with van der Waals surface area (Å²) in [6, 6.07) is 5.74. The monoisotopic (exact) mass is 271 g/mol. The third kappa shape index (κ3) is 2.38. The highest BCUT2D eigenvalue weighted by atomic mass is 19.4. The van der Waals surface area contributed by atoms with Crippen LogP contribution in [0, 0.1) is 5.41 Å². The number of hydrogen-bond donors (Lipinski definition) is 1. The number of halogens is 3. The van der Waals surface area contributed by atoms with Crippen LogP contribution in [-0.2, 0) is 11.7 Å². The molecule has 2 N–H and O–H groups in total. The van der Waals surface area contributed by atoms with Crippen LogP contribution < -0.4 is 5.73 Å². The highest BCUT2D eigenvalue weighted by Crippen LogP contribution is 2.50. The van der Waals surface area contributed by atoms with Gasteiger partial charge in [0.1, 0.15) is 0 Å². The van der Waals surface area contributed by atoms with E-state index in [1.807, 2.05) is 13.8 Å². The largest absolute Gasteiger partial charge is 0.416 e. The number of alkyl halides is 3. The normalized spacial score (nSPS) is 27.3. The Morgan fingerprint density at radius 1 is 1.05 bits per heavy atom. The molecule has 0 aliphatic heterocycles. The molecule has 1 aliphatic carbocycles. The molecule has 0 radical (unpaired) electrons. The molecule has 1 atom stereocenters. The van der Waals surface area contributed by atoms with E-state index >= 15 is 0 Å². The van der Waals surface area contributed by atoms with Crippen molar-refractivity contribution in [2.45, 2.75) is 51.2 Å². The van der Waals surface area contributed by atoms with E-state index in [9.17, 15) is 13.2 Å². The molecule has 0 amide bonds. The quantitative estimate of drug-likeness (QED) is 0.801. The van der Waals surface area contributed by atoms with Crippen LogP contribution in [0.4, 0.5) is 13.2 Å². The minimum absolute atomic E-state index is 0.243. The fourth-order valence-corrected chi connectivity index (χ4v) is 3.15. The van der Waals surface area contributed by atoms with E-state index in [2.05, 4.69) is 0 Å². The van der Waals surface area contributed by atoms with Crippen LogP contribution >= 0.6 is 0 Å². The number of nitrogens with two attached hydrogens (primary N) is 1. The lowest BCUT2D eigenvalue weighted by Crippen LogP contribution is -2.52. The highest BCUT2D eigenvalue weighted by Gasteiger charge is 2.48. The molecule has 4 heteroatoms. The third-order valence-electron chi connectivity index (χ3n) is 4.54. The Morgan fingerprint density at radius 2 is 1.63 bits per heavy atom. The van der Waals surface area contributed by atoms with Crippen LogP contribution in [-0.4, -0.2) is 0 Å². The van der Waals surface area contributed by atoms with Crippen LogP contribution in [0.2, 0.25) is 0 Å². The van der Waals surface area contributed by atoms with Crippen molar-refractivity contribution in [2.24, 2.45) is 11.1 Å². The molecule has 1 saturated carbocycles. The van der Waals surface area contributed by atoms with Gasteiger partial charge >= 0.3 is 6.18 Å². The molecule has 1 aromatic rings. The Kier molecular flexibility index (Phi) is 3.42. The summed E-state index contributed by atoms with van der Waals surface area (Å²) in [5, 5.41) is 0. The Bertz CT molecular complexity index is 465. The highest BCUT2D eigenvalue weighted by molar-refractivity contribution is 5.37. The van der Waals surface area contributed by atoms with Gasteiger partial charge in [0.05, 0.1) is 5.56 Å². The van der Waals surface area contributed by atoms with Gasteiger partial charge in [0.2, 0.25) is 0 Å². The van der Waals surface area contributed by atoms with Crippen molar-refractivity contribution in [3.63, 3.8) is 0 Å². The van der Waals surface area contributed by atoms with Gasteiger partial charge in [-0.1, -0.05) is 44.9 Å². The standard InChI is InChI=1S/C15H20F3N/c1-13(2)9-5-6-10-14(13,19)11-7-3-4-8-12(11)15(16,17)18/h3-4,7-8H,5-6,9-10,19H2,1-2H3. The van der Waals surface area contributed by atoms with Crippen molar-refractivity contribution in [3.05, 3.63) is 35.4 Å². The van der Waals surface area contributed by atoms with E-state index in [0.29, 0.717) is 6.42 Å². The predicted molar refractivity (Wildman–Crippen MR) is 69.6 cm³/mol. The van der Waals surface area contributed by atoms with Crippen LogP contribution in [0.5, 0.6) is 0 Å². The van der Waals surface area contributed by atoms with E-state index in [-0.39, 0.29) is 11.0 Å². The first kappa shape index (κ1) is 14.4. The van der Waals surface area contributed by atoms with Crippen molar-refractivity contribution in [1.82, 2.24) is 0 Å². The number of rotatable bonds is 1. The van der Waals surface area contributed by atoms with Gasteiger partial charge in [0, 0.05) is 5.54 Å². The lowest BCUT2D eigenvalue weighted by atomic mass is 9.60. The molecule has 0 bridgehead atoms. The summed E-state index contributed by atoms with van der Waals surface area (Å²) in [4.78, 5) is 0. The van der Waals surface area contributed by atoms with Gasteiger partial charge < -0.3 is 5.73 Å². The molecule has 2 rings (SSSR count). The minimum Gasteiger partial charge on any atom is -0.321 e. The molecule has 1 nitrogen and oxygen atoms in total. The summed E-state index contributed by atoms with van der Waals surface area (Å²) in [6.45, 7) is 3.94. The Hall–Kier alpha value is -1.03. The maximum absolute atomic E-state index is 13.2. The smallest absolute Gasteiger partial charge is 0.321 e. The summed E-state index contributed by atoms with van der Waals surface area (Å²) in [6.07, 6.45) is -0.981. The summed E-state index contributed by atoms with van der Waals surface area (Å²) < 4.78 is 39.5. The van der Waals surface area contributed by atoms with E-state index in [0.717, 1.165) is 25.3 Å². The van der Waals surface area contributed by atoms with E-state index in [1.54, 1.807) is 6.07 Å². The summed E-state index contributed by atoms with van der Waals surface area (Å²) in [5.41, 5.74) is 4.88. The van der Waals surface area contributed by atoms with Crippen molar-refractivity contribution in [2.75, 3.05) is 0 Å². The lowest BCUT2D eigenvalue weighted by Gasteiger charge is -2.49. The lowest BCUT2D eigenvalue weighted by molar-refractivity contribution is -0.139. The molecule has 1 unspecified atom stereocenters. The van der Waals surface area contributed by atoms with Crippen LogP contribution in [0.3, 0.4) is 0 Å². The van der Waals surface area contributed by atoms with Crippen LogP contribution in [0.25, 0.3) is 0 Å². The molecule has 19 heavy (non-hydrogen) atoms. The first-order valence-corrected chi connectivity index (χ1v) is 6.64. The summed E-state index contributed by atoms with van der Waals surface area (Å²) in [5.74, 6) is 0. The maximum Gasteiger partial charge on any atom is 0.416 e. The fraction of sp³-hybridized carbons (Fsp3) is 0.600. The third-order valence-corrected chi connectivity index (χ3v) is 4.54. The van der Waals surface area contributed by atoms with Crippen molar-refractivity contribution in [3.8, 4) is 0 Å². The van der Waals surface area contributed by atoms with Crippen molar-refractivity contribution >= 4 is 0 Å². The topological polar surface area (TPSA) is 26.0 Å². The molecule has 0 saturated heterocycles. The van der Waals surface area contributed by atoms with Gasteiger partial charge in [-0.2, -0.15) is 13.2 Å². The number of hydrogen-bond acceptors (Lipinski definition) is 1. The van der Waals surface area contributed by atoms with Gasteiger partial charge in [-0.25, -0.2) is 0 Å². The first-order valence-electron chi connectivity index (χ1n) is 6.64.